The molecule has 4 heterocycles. The van der Waals surface area contributed by atoms with Crippen LogP contribution in [0.15, 0.2) is 54.6 Å². The van der Waals surface area contributed by atoms with Crippen molar-refractivity contribution in [2.45, 2.75) is 98.2 Å². The molecule has 6 rings (SSSR count). The number of carbonyl (C=O) groups excluding carboxylic acids is 1. The van der Waals surface area contributed by atoms with E-state index in [4.69, 9.17) is 40.9 Å². The van der Waals surface area contributed by atoms with Gasteiger partial charge in [0.2, 0.25) is 11.8 Å². The van der Waals surface area contributed by atoms with E-state index in [1.54, 1.807) is 24.3 Å². The molecule has 2 aromatic heterocycles. The molecule has 1 amide bonds. The lowest BCUT2D eigenvalue weighted by Gasteiger charge is -2.28. The van der Waals surface area contributed by atoms with E-state index in [1.807, 2.05) is 65.0 Å². The maximum Gasteiger partial charge on any atom is 0.248 e. The van der Waals surface area contributed by atoms with Crippen LogP contribution in [-0.4, -0.2) is 68.9 Å². The summed E-state index contributed by atoms with van der Waals surface area (Å²) in [5, 5.41) is 8.95. The summed E-state index contributed by atoms with van der Waals surface area (Å²) in [6.07, 6.45) is 9.14. The summed E-state index contributed by atoms with van der Waals surface area (Å²) in [5.74, 6) is 0.977. The number of likely N-dealkylation sites (tertiary alicyclic amines) is 1. The Kier molecular flexibility index (Phi) is 15.3. The van der Waals surface area contributed by atoms with Crippen molar-refractivity contribution >= 4 is 16.9 Å². The summed E-state index contributed by atoms with van der Waals surface area (Å²) in [6, 6.07) is 17.4. The zero-order valence-corrected chi connectivity index (χ0v) is 31.6. The summed E-state index contributed by atoms with van der Waals surface area (Å²) >= 11 is 0. The minimum absolute atomic E-state index is 0. The number of terminal acetylenes is 1. The Labute approximate surface area is 319 Å². The number of ether oxygens (including phenoxy) is 3. The van der Waals surface area contributed by atoms with Gasteiger partial charge in [-0.1, -0.05) is 26.5 Å². The van der Waals surface area contributed by atoms with Crippen LogP contribution in [0.3, 0.4) is 0 Å². The second kappa shape index (κ2) is 19.0. The maximum absolute atomic E-state index is 14.3. The van der Waals surface area contributed by atoms with Gasteiger partial charge in [0.1, 0.15) is 18.2 Å². The third-order valence-corrected chi connectivity index (χ3v) is 8.90. The minimum Gasteiger partial charge on any atom is -0.473 e. The van der Waals surface area contributed by atoms with Gasteiger partial charge in [0, 0.05) is 54.0 Å². The Hall–Kier alpha value is -4.85. The zero-order valence-electron chi connectivity index (χ0n) is 31.6. The molecule has 0 aliphatic carbocycles. The van der Waals surface area contributed by atoms with Gasteiger partial charge in [-0.25, -0.2) is 14.4 Å². The van der Waals surface area contributed by atoms with Crippen molar-refractivity contribution in [1.29, 1.82) is 5.26 Å². The molecular formula is C42H56FN7O4. The highest BCUT2D eigenvalue weighted by atomic mass is 19.1. The van der Waals surface area contributed by atoms with Gasteiger partial charge in [-0.15, -0.1) is 12.8 Å². The topological polar surface area (TPSA) is 155 Å². The molecule has 0 saturated carbocycles. The fraction of sp³-hybridized carbons (Fsp3) is 0.476. The van der Waals surface area contributed by atoms with Gasteiger partial charge in [-0.3, -0.25) is 9.69 Å². The van der Waals surface area contributed by atoms with Crippen molar-refractivity contribution in [1.82, 2.24) is 19.4 Å². The number of nitrogens with zero attached hydrogens (tertiary/aromatic N) is 5. The van der Waals surface area contributed by atoms with Crippen LogP contribution in [0.2, 0.25) is 0 Å². The average molecular weight is 742 g/mol. The Morgan fingerprint density at radius 1 is 1.09 bits per heavy atom. The standard InChI is InChI=1S/C31H31FN6O3.C8H19NO.C2H2.CH4/c1-19-14-37(17-29-35-27-8-7-21(31(34)39)12-28(27)38(29)15-23-9-10-40-23)16-24(19)26-3-2-4-30(36-26)41-18-22-6-5-20(13-33)11-25(22)32;1-7(2,3)10-6-8(4,5)9;1-2;/h2-8,11-12,19,23-24H,9-10,14-18H2,1H3,(H2,34,39);6,9H2,1-5H3;1-2H;1H4. The fourth-order valence-corrected chi connectivity index (χ4v) is 6.07. The van der Waals surface area contributed by atoms with Gasteiger partial charge in [-0.05, 0) is 83.4 Å². The zero-order chi connectivity index (χ0) is 38.9. The number of imidazole rings is 1. The summed E-state index contributed by atoms with van der Waals surface area (Å²) in [6.45, 7) is 16.6. The molecule has 290 valence electrons. The second-order valence-electron chi connectivity index (χ2n) is 15.3. The van der Waals surface area contributed by atoms with Crippen LogP contribution >= 0.6 is 0 Å². The van der Waals surface area contributed by atoms with Crippen molar-refractivity contribution in [2.75, 3.05) is 26.3 Å². The van der Waals surface area contributed by atoms with E-state index in [1.165, 1.54) is 6.07 Å². The van der Waals surface area contributed by atoms with Gasteiger partial charge in [-0.2, -0.15) is 5.26 Å². The Morgan fingerprint density at radius 2 is 1.81 bits per heavy atom. The van der Waals surface area contributed by atoms with Gasteiger partial charge < -0.3 is 30.2 Å². The first-order chi connectivity index (χ1) is 25.1. The van der Waals surface area contributed by atoms with Crippen molar-refractivity contribution in [3.05, 3.63) is 88.6 Å². The van der Waals surface area contributed by atoms with E-state index in [-0.39, 0.29) is 42.8 Å². The van der Waals surface area contributed by atoms with Crippen molar-refractivity contribution < 1.29 is 23.4 Å². The molecule has 4 aromatic rings. The minimum atomic E-state index is -0.471. The monoisotopic (exact) mass is 741 g/mol. The number of hydrogen-bond donors (Lipinski definition) is 2. The molecule has 2 aliphatic heterocycles. The lowest BCUT2D eigenvalue weighted by molar-refractivity contribution is -0.0591. The molecule has 0 radical (unpaired) electrons. The van der Waals surface area contributed by atoms with Gasteiger partial charge in [0.25, 0.3) is 0 Å². The van der Waals surface area contributed by atoms with E-state index < -0.39 is 11.7 Å². The van der Waals surface area contributed by atoms with E-state index in [2.05, 4.69) is 29.2 Å². The largest absolute Gasteiger partial charge is 0.473 e. The Morgan fingerprint density at radius 3 is 2.39 bits per heavy atom. The lowest BCUT2D eigenvalue weighted by Crippen LogP contribution is -2.40. The summed E-state index contributed by atoms with van der Waals surface area (Å²) < 4.78 is 33.5. The number of rotatable bonds is 11. The van der Waals surface area contributed by atoms with Crippen LogP contribution in [0.1, 0.15) is 94.3 Å². The number of amides is 1. The van der Waals surface area contributed by atoms with Crippen LogP contribution in [-0.2, 0) is 29.2 Å². The summed E-state index contributed by atoms with van der Waals surface area (Å²) in [5.41, 5.74) is 14.7. The van der Waals surface area contributed by atoms with Crippen LogP contribution < -0.4 is 16.2 Å². The number of aromatic nitrogens is 3. The van der Waals surface area contributed by atoms with E-state index in [0.29, 0.717) is 42.6 Å². The van der Waals surface area contributed by atoms with Gasteiger partial charge in [0.15, 0.2) is 0 Å². The molecule has 2 fully saturated rings. The highest BCUT2D eigenvalue weighted by molar-refractivity contribution is 5.96. The van der Waals surface area contributed by atoms with Crippen LogP contribution in [0.4, 0.5) is 4.39 Å². The third-order valence-electron chi connectivity index (χ3n) is 8.90. The number of nitrogens with two attached hydrogens (primary N) is 2. The lowest BCUT2D eigenvalue weighted by atomic mass is 9.94. The first kappa shape index (κ1) is 43.6. The van der Waals surface area contributed by atoms with Crippen molar-refractivity contribution in [3.63, 3.8) is 0 Å². The molecular weight excluding hydrogens is 686 g/mol. The predicted octanol–water partition coefficient (Wildman–Crippen LogP) is 6.57. The number of hydrogen-bond acceptors (Lipinski definition) is 9. The first-order valence-corrected chi connectivity index (χ1v) is 17.8. The van der Waals surface area contributed by atoms with E-state index in [9.17, 15) is 9.18 Å². The van der Waals surface area contributed by atoms with Gasteiger partial charge in [0.05, 0.1) is 54.1 Å². The molecule has 54 heavy (non-hydrogen) atoms. The number of halogens is 1. The van der Waals surface area contributed by atoms with Crippen molar-refractivity contribution in [2.24, 2.45) is 17.4 Å². The Bertz CT molecular complexity index is 1900. The Balaban J connectivity index is 0.000000527. The highest BCUT2D eigenvalue weighted by Gasteiger charge is 2.33. The van der Waals surface area contributed by atoms with Crippen LogP contribution in [0, 0.1) is 35.9 Å². The normalized spacial score (nSPS) is 18.2. The van der Waals surface area contributed by atoms with E-state index >= 15 is 0 Å². The summed E-state index contributed by atoms with van der Waals surface area (Å²) in [4.78, 5) is 23.9. The SMILES string of the molecule is C.C#C.CC(C)(N)COC(C)(C)C.CC1CN(Cc2nc3ccc(C(N)=O)cc3n2CC2CCO2)CC1c1cccc(OCc2ccc(C#N)cc2F)n1. The number of pyridine rings is 1. The molecule has 4 N–H and O–H groups in total. The number of carbonyl (C=O) groups is 1. The summed E-state index contributed by atoms with van der Waals surface area (Å²) in [7, 11) is 0. The smallest absolute Gasteiger partial charge is 0.248 e. The second-order valence-corrected chi connectivity index (χ2v) is 15.3. The molecule has 0 spiro atoms. The molecule has 0 bridgehead atoms. The number of fused-ring (bicyclic) bond motifs is 1. The molecule has 2 aromatic carbocycles. The first-order valence-electron chi connectivity index (χ1n) is 17.8. The number of nitriles is 1. The molecule has 11 nitrogen and oxygen atoms in total. The number of benzene rings is 2. The predicted molar refractivity (Wildman–Crippen MR) is 210 cm³/mol. The highest BCUT2D eigenvalue weighted by Crippen LogP contribution is 2.34. The molecule has 2 saturated heterocycles. The third kappa shape index (κ3) is 12.1. The van der Waals surface area contributed by atoms with Crippen molar-refractivity contribution in [3.8, 4) is 24.8 Å². The van der Waals surface area contributed by atoms with Crippen LogP contribution in [0.5, 0.6) is 5.88 Å². The number of primary amides is 1. The van der Waals surface area contributed by atoms with E-state index in [0.717, 1.165) is 48.7 Å². The maximum atomic E-state index is 14.3. The van der Waals surface area contributed by atoms with Crippen LogP contribution in [0.25, 0.3) is 11.0 Å². The molecule has 2 aliphatic rings. The molecule has 3 atom stereocenters. The quantitative estimate of drug-likeness (QED) is 0.163. The fourth-order valence-electron chi connectivity index (χ4n) is 6.07. The average Bonchev–Trinajstić information content (AvgIpc) is 3.63. The molecule has 3 unspecified atom stereocenters. The van der Waals surface area contributed by atoms with Gasteiger partial charge >= 0.3 is 0 Å². The molecule has 12 heteroatoms.